The first-order valence-corrected chi connectivity index (χ1v) is 7.04. The van der Waals surface area contributed by atoms with Crippen molar-refractivity contribution >= 4 is 18.5 Å². The summed E-state index contributed by atoms with van der Waals surface area (Å²) in [5.41, 5.74) is 1.71. The Hall–Kier alpha value is -0.960. The van der Waals surface area contributed by atoms with Crippen LogP contribution in [0.5, 0.6) is 0 Å². The Balaban J connectivity index is 2.79. The third kappa shape index (κ3) is 3.77. The molecule has 1 N–H and O–H groups in total. The van der Waals surface area contributed by atoms with E-state index >= 15 is 0 Å². The van der Waals surface area contributed by atoms with Crippen molar-refractivity contribution in [2.24, 2.45) is 5.92 Å². The topological polar surface area (TPSA) is 29.1 Å². The summed E-state index contributed by atoms with van der Waals surface area (Å²) in [5, 5.41) is 3.09. The number of thiol groups is 1. The predicted molar refractivity (Wildman–Crippen MR) is 79.4 cm³/mol. The monoisotopic (exact) mass is 265 g/mol. The molecule has 0 bridgehead atoms. The highest BCUT2D eigenvalue weighted by molar-refractivity contribution is 7.80. The Bertz CT molecular complexity index is 413. The molecule has 100 valence electrons. The van der Waals surface area contributed by atoms with Crippen LogP contribution in [-0.4, -0.2) is 11.9 Å². The van der Waals surface area contributed by atoms with Crippen LogP contribution in [0.15, 0.2) is 23.1 Å². The van der Waals surface area contributed by atoms with Crippen LogP contribution in [0.25, 0.3) is 0 Å². The van der Waals surface area contributed by atoms with Gasteiger partial charge in [0.2, 0.25) is 0 Å². The van der Waals surface area contributed by atoms with E-state index in [9.17, 15) is 4.79 Å². The molecule has 0 aliphatic heterocycles. The molecular formula is C15H23NOS. The van der Waals surface area contributed by atoms with Crippen LogP contribution in [0.1, 0.15) is 49.5 Å². The Morgan fingerprint density at radius 1 is 1.33 bits per heavy atom. The molecule has 1 aromatic rings. The van der Waals surface area contributed by atoms with Crippen molar-refractivity contribution in [1.82, 2.24) is 5.32 Å². The Morgan fingerprint density at radius 2 is 1.94 bits per heavy atom. The van der Waals surface area contributed by atoms with Gasteiger partial charge in [-0.05, 0) is 37.5 Å². The number of amides is 1. The van der Waals surface area contributed by atoms with Gasteiger partial charge in [0.25, 0.3) is 5.91 Å². The number of hydrogen-bond donors (Lipinski definition) is 2. The van der Waals surface area contributed by atoms with Gasteiger partial charge in [-0.3, -0.25) is 4.79 Å². The average Bonchev–Trinajstić information content (AvgIpc) is 2.33. The van der Waals surface area contributed by atoms with Gasteiger partial charge in [-0.2, -0.15) is 0 Å². The van der Waals surface area contributed by atoms with E-state index < -0.39 is 0 Å². The smallest absolute Gasteiger partial charge is 0.251 e. The summed E-state index contributed by atoms with van der Waals surface area (Å²) in [6, 6.07) is 5.86. The quantitative estimate of drug-likeness (QED) is 0.778. The molecule has 0 spiro atoms. The van der Waals surface area contributed by atoms with Gasteiger partial charge in [-0.15, -0.1) is 12.6 Å². The van der Waals surface area contributed by atoms with E-state index in [1.165, 1.54) is 0 Å². The molecule has 1 atom stereocenters. The minimum Gasteiger partial charge on any atom is -0.349 e. The maximum Gasteiger partial charge on any atom is 0.251 e. The Labute approximate surface area is 116 Å². The van der Waals surface area contributed by atoms with Gasteiger partial charge >= 0.3 is 0 Å². The fourth-order valence-electron chi connectivity index (χ4n) is 2.25. The standard InChI is InChI=1S/C15H23NOS/c1-5-12(6-2)11(4)16-15(17)14-9-13(18)8-7-10(14)3/h7-9,11-12,18H,5-6H2,1-4H3,(H,16,17). The SMILES string of the molecule is CCC(CC)C(C)NC(=O)c1cc(S)ccc1C. The van der Waals surface area contributed by atoms with E-state index in [1.807, 2.05) is 25.1 Å². The lowest BCUT2D eigenvalue weighted by atomic mass is 9.95. The second-order valence-electron chi connectivity index (χ2n) is 4.84. The highest BCUT2D eigenvalue weighted by atomic mass is 32.1. The van der Waals surface area contributed by atoms with Gasteiger partial charge in [-0.25, -0.2) is 0 Å². The van der Waals surface area contributed by atoms with E-state index in [2.05, 4.69) is 38.7 Å². The molecule has 2 nitrogen and oxygen atoms in total. The first kappa shape index (κ1) is 15.1. The van der Waals surface area contributed by atoms with E-state index in [0.29, 0.717) is 5.92 Å². The molecule has 0 fully saturated rings. The lowest BCUT2D eigenvalue weighted by molar-refractivity contribution is 0.0924. The number of aryl methyl sites for hydroxylation is 1. The van der Waals surface area contributed by atoms with Crippen LogP contribution in [0.4, 0.5) is 0 Å². The molecule has 0 saturated carbocycles. The second kappa shape index (κ2) is 6.83. The lowest BCUT2D eigenvalue weighted by Crippen LogP contribution is -2.38. The number of nitrogens with one attached hydrogen (secondary N) is 1. The normalized spacial score (nSPS) is 12.6. The van der Waals surface area contributed by atoms with Crippen LogP contribution in [0.3, 0.4) is 0 Å². The molecule has 1 unspecified atom stereocenters. The van der Waals surface area contributed by atoms with E-state index in [0.717, 1.165) is 28.9 Å². The fraction of sp³-hybridized carbons (Fsp3) is 0.533. The zero-order valence-corrected chi connectivity index (χ0v) is 12.6. The molecule has 0 heterocycles. The zero-order valence-electron chi connectivity index (χ0n) is 11.7. The minimum absolute atomic E-state index is 0.00259. The zero-order chi connectivity index (χ0) is 13.7. The van der Waals surface area contributed by atoms with Crippen molar-refractivity contribution in [1.29, 1.82) is 0 Å². The van der Waals surface area contributed by atoms with Gasteiger partial charge in [0.05, 0.1) is 0 Å². The largest absolute Gasteiger partial charge is 0.349 e. The summed E-state index contributed by atoms with van der Waals surface area (Å²) in [6.07, 6.45) is 2.17. The summed E-state index contributed by atoms with van der Waals surface area (Å²) in [4.78, 5) is 13.0. The Morgan fingerprint density at radius 3 is 2.50 bits per heavy atom. The van der Waals surface area contributed by atoms with Crippen LogP contribution < -0.4 is 5.32 Å². The predicted octanol–water partition coefficient (Wildman–Crippen LogP) is 3.84. The second-order valence-corrected chi connectivity index (χ2v) is 5.35. The first-order chi connectivity index (χ1) is 8.49. The first-order valence-electron chi connectivity index (χ1n) is 6.60. The van der Waals surface area contributed by atoms with Crippen molar-refractivity contribution < 1.29 is 4.79 Å². The van der Waals surface area contributed by atoms with E-state index in [1.54, 1.807) is 0 Å². The van der Waals surface area contributed by atoms with Crippen LogP contribution in [-0.2, 0) is 0 Å². The van der Waals surface area contributed by atoms with Gasteiger partial charge in [0.1, 0.15) is 0 Å². The van der Waals surface area contributed by atoms with Gasteiger partial charge in [-0.1, -0.05) is 32.8 Å². The van der Waals surface area contributed by atoms with Crippen LogP contribution in [0.2, 0.25) is 0 Å². The third-order valence-corrected chi connectivity index (χ3v) is 3.86. The highest BCUT2D eigenvalue weighted by Crippen LogP contribution is 2.16. The number of benzene rings is 1. The van der Waals surface area contributed by atoms with Crippen molar-refractivity contribution in [3.05, 3.63) is 29.3 Å². The van der Waals surface area contributed by atoms with Crippen molar-refractivity contribution in [3.63, 3.8) is 0 Å². The molecule has 1 aromatic carbocycles. The maximum absolute atomic E-state index is 12.2. The van der Waals surface area contributed by atoms with Crippen LogP contribution >= 0.6 is 12.6 Å². The maximum atomic E-state index is 12.2. The van der Waals surface area contributed by atoms with Crippen LogP contribution in [0, 0.1) is 12.8 Å². The number of rotatable bonds is 5. The van der Waals surface area contributed by atoms with Gasteiger partial charge in [0.15, 0.2) is 0 Å². The number of carbonyl (C=O) groups excluding carboxylic acids is 1. The molecular weight excluding hydrogens is 242 g/mol. The molecule has 0 radical (unpaired) electrons. The van der Waals surface area contributed by atoms with Crippen molar-refractivity contribution in [2.45, 2.75) is 51.5 Å². The summed E-state index contributed by atoms with van der Waals surface area (Å²) in [6.45, 7) is 8.35. The third-order valence-electron chi connectivity index (χ3n) is 3.58. The van der Waals surface area contributed by atoms with Crippen molar-refractivity contribution in [2.75, 3.05) is 0 Å². The number of hydrogen-bond acceptors (Lipinski definition) is 2. The highest BCUT2D eigenvalue weighted by Gasteiger charge is 2.17. The molecule has 1 amide bonds. The summed E-state index contributed by atoms with van der Waals surface area (Å²) >= 11 is 4.28. The van der Waals surface area contributed by atoms with Gasteiger partial charge in [0, 0.05) is 16.5 Å². The van der Waals surface area contributed by atoms with E-state index in [-0.39, 0.29) is 11.9 Å². The molecule has 0 saturated heterocycles. The molecule has 0 aliphatic rings. The van der Waals surface area contributed by atoms with Gasteiger partial charge < -0.3 is 5.32 Å². The minimum atomic E-state index is 0.00259. The molecule has 3 heteroatoms. The average molecular weight is 265 g/mol. The number of carbonyl (C=O) groups is 1. The fourth-order valence-corrected chi connectivity index (χ4v) is 2.46. The molecule has 0 aromatic heterocycles. The lowest BCUT2D eigenvalue weighted by Gasteiger charge is -2.23. The summed E-state index contributed by atoms with van der Waals surface area (Å²) in [5.74, 6) is 0.538. The Kier molecular flexibility index (Phi) is 5.73. The summed E-state index contributed by atoms with van der Waals surface area (Å²) < 4.78 is 0. The molecule has 0 aliphatic carbocycles. The van der Waals surface area contributed by atoms with Crippen molar-refractivity contribution in [3.8, 4) is 0 Å². The van der Waals surface area contributed by atoms with E-state index in [4.69, 9.17) is 0 Å². The summed E-state index contributed by atoms with van der Waals surface area (Å²) in [7, 11) is 0. The molecule has 18 heavy (non-hydrogen) atoms. The molecule has 1 rings (SSSR count).